The molecule has 0 unspecified atom stereocenters. The van der Waals surface area contributed by atoms with Gasteiger partial charge < -0.3 is 19.7 Å². The maximum absolute atomic E-state index is 5.48. The molecule has 0 spiro atoms. The molecule has 0 aromatic heterocycles. The highest BCUT2D eigenvalue weighted by molar-refractivity contribution is 4.82. The highest BCUT2D eigenvalue weighted by atomic mass is 16.5. The van der Waals surface area contributed by atoms with Gasteiger partial charge in [0.2, 0.25) is 0 Å². The Balaban J connectivity index is 1.81. The topological polar surface area (TPSA) is 33.7 Å². The zero-order valence-corrected chi connectivity index (χ0v) is 10.2. The van der Waals surface area contributed by atoms with Crippen molar-refractivity contribution in [3.63, 3.8) is 0 Å². The van der Waals surface area contributed by atoms with Crippen LogP contribution in [0.3, 0.4) is 0 Å². The zero-order valence-electron chi connectivity index (χ0n) is 10.2. The standard InChI is InChI=1S/C11H24N2O2/c1-11(9-15-10-11)8-12-4-6-14-7-5-13(2)3/h12H,4-10H2,1-3H3. The minimum Gasteiger partial charge on any atom is -0.380 e. The lowest BCUT2D eigenvalue weighted by Crippen LogP contribution is -2.47. The molecule has 1 aliphatic rings. The van der Waals surface area contributed by atoms with E-state index in [1.807, 2.05) is 0 Å². The van der Waals surface area contributed by atoms with Gasteiger partial charge in [-0.3, -0.25) is 0 Å². The fourth-order valence-electron chi connectivity index (χ4n) is 1.44. The van der Waals surface area contributed by atoms with Crippen LogP contribution in [0.1, 0.15) is 6.92 Å². The molecule has 1 heterocycles. The van der Waals surface area contributed by atoms with E-state index >= 15 is 0 Å². The lowest BCUT2D eigenvalue weighted by molar-refractivity contribution is -0.0993. The van der Waals surface area contributed by atoms with Crippen LogP contribution in [0.25, 0.3) is 0 Å². The van der Waals surface area contributed by atoms with E-state index in [0.717, 1.165) is 46.1 Å². The van der Waals surface area contributed by atoms with Gasteiger partial charge in [0.15, 0.2) is 0 Å². The normalized spacial score (nSPS) is 19.2. The second-order valence-electron chi connectivity index (χ2n) is 4.90. The molecule has 0 radical (unpaired) electrons. The van der Waals surface area contributed by atoms with Gasteiger partial charge in [-0.2, -0.15) is 0 Å². The molecule has 0 aromatic rings. The van der Waals surface area contributed by atoms with Crippen molar-refractivity contribution in [2.75, 3.05) is 60.2 Å². The minimum absolute atomic E-state index is 0.365. The van der Waals surface area contributed by atoms with E-state index in [1.165, 1.54) is 0 Å². The van der Waals surface area contributed by atoms with Gasteiger partial charge in [-0.25, -0.2) is 0 Å². The average Bonchev–Trinajstić information content (AvgIpc) is 2.13. The van der Waals surface area contributed by atoms with Crippen molar-refractivity contribution in [1.29, 1.82) is 0 Å². The first-order valence-electron chi connectivity index (χ1n) is 5.63. The number of nitrogens with one attached hydrogen (secondary N) is 1. The lowest BCUT2D eigenvalue weighted by Gasteiger charge is -2.38. The predicted octanol–water partition coefficient (Wildman–Crippen LogP) is 0.191. The minimum atomic E-state index is 0.365. The summed E-state index contributed by atoms with van der Waals surface area (Å²) in [4.78, 5) is 2.13. The number of hydrogen-bond acceptors (Lipinski definition) is 4. The van der Waals surface area contributed by atoms with E-state index < -0.39 is 0 Å². The lowest BCUT2D eigenvalue weighted by atomic mass is 9.89. The van der Waals surface area contributed by atoms with Crippen LogP contribution in [-0.2, 0) is 9.47 Å². The largest absolute Gasteiger partial charge is 0.380 e. The number of likely N-dealkylation sites (N-methyl/N-ethyl adjacent to an activating group) is 1. The van der Waals surface area contributed by atoms with Gasteiger partial charge in [0.25, 0.3) is 0 Å². The summed E-state index contributed by atoms with van der Waals surface area (Å²) in [6, 6.07) is 0. The zero-order chi connectivity index (χ0) is 11.1. The molecule has 1 N–H and O–H groups in total. The van der Waals surface area contributed by atoms with Crippen molar-refractivity contribution >= 4 is 0 Å². The van der Waals surface area contributed by atoms with Crippen LogP contribution >= 0.6 is 0 Å². The van der Waals surface area contributed by atoms with Crippen LogP contribution in [0.4, 0.5) is 0 Å². The Kier molecular flexibility index (Phi) is 5.53. The van der Waals surface area contributed by atoms with Crippen LogP contribution in [0, 0.1) is 5.41 Å². The van der Waals surface area contributed by atoms with E-state index in [2.05, 4.69) is 31.2 Å². The number of ether oxygens (including phenoxy) is 2. The SMILES string of the molecule is CN(C)CCOCCNCC1(C)COC1. The van der Waals surface area contributed by atoms with Gasteiger partial charge in [0.05, 0.1) is 26.4 Å². The van der Waals surface area contributed by atoms with E-state index in [9.17, 15) is 0 Å². The van der Waals surface area contributed by atoms with E-state index in [1.54, 1.807) is 0 Å². The number of nitrogens with zero attached hydrogens (tertiary/aromatic N) is 1. The summed E-state index contributed by atoms with van der Waals surface area (Å²) in [5.74, 6) is 0. The van der Waals surface area contributed by atoms with Crippen molar-refractivity contribution in [2.24, 2.45) is 5.41 Å². The van der Waals surface area contributed by atoms with Gasteiger partial charge in [-0.05, 0) is 14.1 Å². The van der Waals surface area contributed by atoms with Gasteiger partial charge in [-0.1, -0.05) is 6.92 Å². The van der Waals surface area contributed by atoms with E-state index in [0.29, 0.717) is 5.41 Å². The van der Waals surface area contributed by atoms with Crippen molar-refractivity contribution < 1.29 is 9.47 Å². The van der Waals surface area contributed by atoms with Crippen LogP contribution in [0.15, 0.2) is 0 Å². The Labute approximate surface area is 92.9 Å². The molecular formula is C11H24N2O2. The van der Waals surface area contributed by atoms with Crippen LogP contribution < -0.4 is 5.32 Å². The van der Waals surface area contributed by atoms with Crippen molar-refractivity contribution in [1.82, 2.24) is 10.2 Å². The Bertz CT molecular complexity index is 170. The molecule has 1 aliphatic heterocycles. The summed E-state index contributed by atoms with van der Waals surface area (Å²) < 4.78 is 10.7. The first kappa shape index (κ1) is 12.9. The Morgan fingerprint density at radius 2 is 2.07 bits per heavy atom. The smallest absolute Gasteiger partial charge is 0.0593 e. The first-order valence-corrected chi connectivity index (χ1v) is 5.63. The highest BCUT2D eigenvalue weighted by Gasteiger charge is 2.32. The average molecular weight is 216 g/mol. The quantitative estimate of drug-likeness (QED) is 0.587. The van der Waals surface area contributed by atoms with Crippen molar-refractivity contribution in [3.8, 4) is 0 Å². The predicted molar refractivity (Wildman–Crippen MR) is 61.2 cm³/mol. The number of hydrogen-bond donors (Lipinski definition) is 1. The molecule has 1 rings (SSSR count). The molecule has 0 atom stereocenters. The molecule has 0 amide bonds. The highest BCUT2D eigenvalue weighted by Crippen LogP contribution is 2.24. The molecule has 4 heteroatoms. The maximum atomic E-state index is 5.48. The molecule has 0 bridgehead atoms. The Morgan fingerprint density at radius 3 is 2.60 bits per heavy atom. The van der Waals surface area contributed by atoms with Gasteiger partial charge in [0.1, 0.15) is 0 Å². The van der Waals surface area contributed by atoms with Crippen LogP contribution in [0.2, 0.25) is 0 Å². The molecule has 90 valence electrons. The van der Waals surface area contributed by atoms with Gasteiger partial charge >= 0.3 is 0 Å². The van der Waals surface area contributed by atoms with Gasteiger partial charge in [-0.15, -0.1) is 0 Å². The molecule has 15 heavy (non-hydrogen) atoms. The van der Waals surface area contributed by atoms with Gasteiger partial charge in [0, 0.05) is 25.0 Å². The van der Waals surface area contributed by atoms with Crippen LogP contribution in [-0.4, -0.2) is 65.1 Å². The van der Waals surface area contributed by atoms with Crippen molar-refractivity contribution in [2.45, 2.75) is 6.92 Å². The fourth-order valence-corrected chi connectivity index (χ4v) is 1.44. The molecule has 0 aliphatic carbocycles. The molecule has 0 saturated carbocycles. The molecular weight excluding hydrogens is 192 g/mol. The summed E-state index contributed by atoms with van der Waals surface area (Å²) in [5.41, 5.74) is 0.365. The molecule has 0 aromatic carbocycles. The van der Waals surface area contributed by atoms with E-state index in [4.69, 9.17) is 9.47 Å². The number of rotatable bonds is 8. The van der Waals surface area contributed by atoms with Crippen molar-refractivity contribution in [3.05, 3.63) is 0 Å². The Hall–Kier alpha value is -0.160. The third-order valence-electron chi connectivity index (χ3n) is 2.56. The molecule has 1 saturated heterocycles. The molecule has 1 fully saturated rings. The first-order chi connectivity index (χ1) is 7.12. The summed E-state index contributed by atoms with van der Waals surface area (Å²) in [7, 11) is 4.11. The summed E-state index contributed by atoms with van der Waals surface area (Å²) in [5, 5.41) is 3.40. The fraction of sp³-hybridized carbons (Fsp3) is 1.00. The third kappa shape index (κ3) is 5.47. The summed E-state index contributed by atoms with van der Waals surface area (Å²) in [6.07, 6.45) is 0. The second-order valence-corrected chi connectivity index (χ2v) is 4.90. The monoisotopic (exact) mass is 216 g/mol. The summed E-state index contributed by atoms with van der Waals surface area (Å²) >= 11 is 0. The van der Waals surface area contributed by atoms with Crippen LogP contribution in [0.5, 0.6) is 0 Å². The maximum Gasteiger partial charge on any atom is 0.0593 e. The molecule has 4 nitrogen and oxygen atoms in total. The third-order valence-corrected chi connectivity index (χ3v) is 2.56. The van der Waals surface area contributed by atoms with E-state index in [-0.39, 0.29) is 0 Å². The second kappa shape index (κ2) is 6.43. The summed E-state index contributed by atoms with van der Waals surface area (Å²) in [6.45, 7) is 8.60. The Morgan fingerprint density at radius 1 is 1.33 bits per heavy atom.